The first-order valence-corrected chi connectivity index (χ1v) is 5.91. The monoisotopic (exact) mass is 245 g/mol. The number of unbranched alkanes of at least 4 members (excludes halogenated alkanes) is 2. The van der Waals surface area contributed by atoms with Crippen molar-refractivity contribution in [1.82, 2.24) is 15.5 Å². The first-order valence-electron chi connectivity index (χ1n) is 5.91. The molecule has 0 aliphatic carbocycles. The van der Waals surface area contributed by atoms with Gasteiger partial charge in [-0.1, -0.05) is 0 Å². The topological polar surface area (TPSA) is 81.7 Å². The average molecular weight is 245 g/mol. The highest BCUT2D eigenvalue weighted by Gasteiger charge is 2.07. The molecule has 0 aromatic carbocycles. The molecule has 3 amide bonds. The number of amides is 3. The third-order valence-corrected chi connectivity index (χ3v) is 2.40. The molecule has 0 aromatic rings. The number of carbonyl (C=O) groups excluding carboxylic acids is 2. The van der Waals surface area contributed by atoms with Crippen LogP contribution < -0.4 is 10.6 Å². The Kier molecular flexibility index (Phi) is 9.37. The number of hydrogen-bond donors (Lipinski definition) is 3. The number of imide groups is 1. The standard InChI is InChI=1S/C11H23N3O3/c1-12-11(17)13-10(16)6-8-14(2)7-4-3-5-9-15/h15H,3-9H2,1-2H3,(H2,12,13,16,17). The molecule has 0 aliphatic rings. The van der Waals surface area contributed by atoms with Gasteiger partial charge in [-0.05, 0) is 32.9 Å². The van der Waals surface area contributed by atoms with E-state index in [1.807, 2.05) is 11.9 Å². The summed E-state index contributed by atoms with van der Waals surface area (Å²) in [6.45, 7) is 1.76. The molecular formula is C11H23N3O3. The molecule has 0 rings (SSSR count). The molecule has 3 N–H and O–H groups in total. The van der Waals surface area contributed by atoms with Crippen LogP contribution in [0.4, 0.5) is 4.79 Å². The third kappa shape index (κ3) is 9.77. The van der Waals surface area contributed by atoms with E-state index in [4.69, 9.17) is 5.11 Å². The van der Waals surface area contributed by atoms with Gasteiger partial charge in [0.2, 0.25) is 5.91 Å². The fourth-order valence-corrected chi connectivity index (χ4v) is 1.33. The highest BCUT2D eigenvalue weighted by Crippen LogP contribution is 1.97. The Hall–Kier alpha value is -1.14. The van der Waals surface area contributed by atoms with Crippen LogP contribution in [0.3, 0.4) is 0 Å². The van der Waals surface area contributed by atoms with E-state index in [1.54, 1.807) is 0 Å². The van der Waals surface area contributed by atoms with Crippen LogP contribution in [0.1, 0.15) is 25.7 Å². The van der Waals surface area contributed by atoms with Gasteiger partial charge in [-0.2, -0.15) is 0 Å². The zero-order valence-electron chi connectivity index (χ0n) is 10.7. The fourth-order valence-electron chi connectivity index (χ4n) is 1.33. The zero-order chi connectivity index (χ0) is 13.1. The summed E-state index contributed by atoms with van der Waals surface area (Å²) >= 11 is 0. The lowest BCUT2D eigenvalue weighted by Gasteiger charge is -2.15. The maximum Gasteiger partial charge on any atom is 0.321 e. The van der Waals surface area contributed by atoms with Gasteiger partial charge in [-0.3, -0.25) is 10.1 Å². The van der Waals surface area contributed by atoms with Crippen molar-refractivity contribution in [3.63, 3.8) is 0 Å². The van der Waals surface area contributed by atoms with Crippen molar-refractivity contribution in [2.24, 2.45) is 0 Å². The van der Waals surface area contributed by atoms with Gasteiger partial charge in [0.15, 0.2) is 0 Å². The Bertz CT molecular complexity index is 234. The molecule has 0 heterocycles. The summed E-state index contributed by atoms with van der Waals surface area (Å²) in [6, 6.07) is -0.472. The van der Waals surface area contributed by atoms with Crippen molar-refractivity contribution >= 4 is 11.9 Å². The molecule has 100 valence electrons. The summed E-state index contributed by atoms with van der Waals surface area (Å²) < 4.78 is 0. The SMILES string of the molecule is CNC(=O)NC(=O)CCN(C)CCCCCO. The Morgan fingerprint density at radius 2 is 1.88 bits per heavy atom. The summed E-state index contributed by atoms with van der Waals surface area (Å²) in [5, 5.41) is 13.1. The highest BCUT2D eigenvalue weighted by molar-refractivity contribution is 5.94. The van der Waals surface area contributed by atoms with E-state index in [9.17, 15) is 9.59 Å². The van der Waals surface area contributed by atoms with Gasteiger partial charge in [-0.15, -0.1) is 0 Å². The summed E-state index contributed by atoms with van der Waals surface area (Å²) in [7, 11) is 3.40. The minimum atomic E-state index is -0.472. The predicted octanol–water partition coefficient (Wildman–Crippen LogP) is -0.0735. The van der Waals surface area contributed by atoms with Crippen LogP contribution in [0.25, 0.3) is 0 Å². The molecule has 0 radical (unpaired) electrons. The summed E-state index contributed by atoms with van der Waals surface area (Å²) in [6.07, 6.45) is 3.13. The maximum absolute atomic E-state index is 11.3. The van der Waals surface area contributed by atoms with Crippen molar-refractivity contribution in [2.75, 3.05) is 33.8 Å². The second kappa shape index (κ2) is 10.0. The highest BCUT2D eigenvalue weighted by atomic mass is 16.3. The van der Waals surface area contributed by atoms with Gasteiger partial charge in [0.25, 0.3) is 0 Å². The summed E-state index contributed by atoms with van der Waals surface area (Å²) in [5.41, 5.74) is 0. The number of rotatable bonds is 8. The molecule has 0 saturated carbocycles. The number of hydrogen-bond acceptors (Lipinski definition) is 4. The molecule has 0 atom stereocenters. The van der Waals surface area contributed by atoms with Crippen molar-refractivity contribution < 1.29 is 14.7 Å². The maximum atomic E-state index is 11.3. The molecule has 6 nitrogen and oxygen atoms in total. The second-order valence-electron chi connectivity index (χ2n) is 3.96. The lowest BCUT2D eigenvalue weighted by atomic mass is 10.2. The van der Waals surface area contributed by atoms with E-state index in [2.05, 4.69) is 10.6 Å². The summed E-state index contributed by atoms with van der Waals surface area (Å²) in [4.78, 5) is 24.1. The Morgan fingerprint density at radius 1 is 1.18 bits per heavy atom. The molecule has 0 spiro atoms. The van der Waals surface area contributed by atoms with Crippen LogP contribution in [0.2, 0.25) is 0 Å². The Labute approximate surface area is 102 Å². The average Bonchev–Trinajstić information content (AvgIpc) is 2.32. The minimum Gasteiger partial charge on any atom is -0.396 e. The lowest BCUT2D eigenvalue weighted by Crippen LogP contribution is -2.38. The van der Waals surface area contributed by atoms with Gasteiger partial charge in [0.1, 0.15) is 0 Å². The Balaban J connectivity index is 3.51. The largest absolute Gasteiger partial charge is 0.396 e. The quantitative estimate of drug-likeness (QED) is 0.523. The van der Waals surface area contributed by atoms with E-state index in [-0.39, 0.29) is 12.5 Å². The fraction of sp³-hybridized carbons (Fsp3) is 0.818. The second-order valence-corrected chi connectivity index (χ2v) is 3.96. The van der Waals surface area contributed by atoms with Crippen molar-refractivity contribution in [1.29, 1.82) is 0 Å². The van der Waals surface area contributed by atoms with Gasteiger partial charge in [0.05, 0.1) is 0 Å². The van der Waals surface area contributed by atoms with E-state index in [1.165, 1.54) is 7.05 Å². The molecule has 0 unspecified atom stereocenters. The van der Waals surface area contributed by atoms with Crippen LogP contribution in [0.5, 0.6) is 0 Å². The van der Waals surface area contributed by atoms with Crippen LogP contribution in [-0.2, 0) is 4.79 Å². The van der Waals surface area contributed by atoms with Gasteiger partial charge < -0.3 is 15.3 Å². The number of nitrogens with zero attached hydrogens (tertiary/aromatic N) is 1. The normalized spacial score (nSPS) is 10.4. The molecule has 6 heteroatoms. The van der Waals surface area contributed by atoms with E-state index < -0.39 is 6.03 Å². The number of carbonyl (C=O) groups is 2. The van der Waals surface area contributed by atoms with Crippen molar-refractivity contribution in [3.8, 4) is 0 Å². The van der Waals surface area contributed by atoms with Crippen LogP contribution in [0, 0.1) is 0 Å². The molecule has 17 heavy (non-hydrogen) atoms. The van der Waals surface area contributed by atoms with Crippen molar-refractivity contribution in [2.45, 2.75) is 25.7 Å². The Morgan fingerprint density at radius 3 is 2.47 bits per heavy atom. The summed E-state index contributed by atoms with van der Waals surface area (Å²) in [5.74, 6) is -0.272. The number of aliphatic hydroxyl groups excluding tert-OH is 1. The third-order valence-electron chi connectivity index (χ3n) is 2.40. The van der Waals surface area contributed by atoms with Gasteiger partial charge >= 0.3 is 6.03 Å². The minimum absolute atomic E-state index is 0.234. The smallest absolute Gasteiger partial charge is 0.321 e. The predicted molar refractivity (Wildman–Crippen MR) is 65.6 cm³/mol. The van der Waals surface area contributed by atoms with E-state index in [0.29, 0.717) is 13.0 Å². The van der Waals surface area contributed by atoms with E-state index >= 15 is 0 Å². The first-order chi connectivity index (χ1) is 8.10. The zero-order valence-corrected chi connectivity index (χ0v) is 10.7. The van der Waals surface area contributed by atoms with E-state index in [0.717, 1.165) is 25.8 Å². The van der Waals surface area contributed by atoms with Crippen LogP contribution >= 0.6 is 0 Å². The number of aliphatic hydroxyl groups is 1. The molecule has 0 bridgehead atoms. The molecule has 0 aliphatic heterocycles. The first kappa shape index (κ1) is 15.9. The van der Waals surface area contributed by atoms with Crippen LogP contribution in [-0.4, -0.2) is 55.7 Å². The molecule has 0 aromatic heterocycles. The lowest BCUT2D eigenvalue weighted by molar-refractivity contribution is -0.120. The number of nitrogens with one attached hydrogen (secondary N) is 2. The van der Waals surface area contributed by atoms with Gasteiger partial charge in [-0.25, -0.2) is 4.79 Å². The van der Waals surface area contributed by atoms with Crippen molar-refractivity contribution in [3.05, 3.63) is 0 Å². The van der Waals surface area contributed by atoms with Gasteiger partial charge in [0, 0.05) is 26.6 Å². The molecular weight excluding hydrogens is 222 g/mol. The molecule has 0 fully saturated rings. The van der Waals surface area contributed by atoms with Crippen LogP contribution in [0.15, 0.2) is 0 Å². The molecule has 0 saturated heterocycles. The number of urea groups is 1.